The van der Waals surface area contributed by atoms with Gasteiger partial charge in [0.2, 0.25) is 0 Å². The molecule has 28 heavy (non-hydrogen) atoms. The molecular weight excluding hydrogens is 413 g/mol. The van der Waals surface area contributed by atoms with E-state index in [2.05, 4.69) is 5.32 Å². The van der Waals surface area contributed by atoms with Gasteiger partial charge in [0, 0.05) is 21.2 Å². The first-order chi connectivity index (χ1) is 13.6. The lowest BCUT2D eigenvalue weighted by Gasteiger charge is -2.12. The predicted octanol–water partition coefficient (Wildman–Crippen LogP) is 6.94. The average Bonchev–Trinajstić information content (AvgIpc) is 2.70. The molecule has 0 saturated carbocycles. The van der Waals surface area contributed by atoms with Gasteiger partial charge >= 0.3 is 0 Å². The van der Waals surface area contributed by atoms with Crippen molar-refractivity contribution in [2.24, 2.45) is 0 Å². The third kappa shape index (κ3) is 5.44. The Hall–Kier alpha value is -2.14. The van der Waals surface area contributed by atoms with Crippen molar-refractivity contribution in [3.05, 3.63) is 87.9 Å². The number of carbonyl (C=O) groups is 1. The minimum atomic E-state index is -0.218. The molecule has 1 amide bonds. The second-order valence-corrected chi connectivity index (χ2v) is 7.80. The minimum absolute atomic E-state index is 0.218. The van der Waals surface area contributed by atoms with Gasteiger partial charge in [0.25, 0.3) is 5.91 Å². The van der Waals surface area contributed by atoms with E-state index in [1.54, 1.807) is 30.0 Å². The van der Waals surface area contributed by atoms with Crippen LogP contribution in [0.3, 0.4) is 0 Å². The Bertz CT molecular complexity index is 961. The van der Waals surface area contributed by atoms with Crippen LogP contribution in [0.5, 0.6) is 5.75 Å². The molecule has 0 aromatic heterocycles. The van der Waals surface area contributed by atoms with Crippen molar-refractivity contribution >= 4 is 46.6 Å². The Morgan fingerprint density at radius 3 is 2.50 bits per heavy atom. The lowest BCUT2D eigenvalue weighted by molar-refractivity contribution is 0.102. The van der Waals surface area contributed by atoms with Crippen LogP contribution in [0.2, 0.25) is 10.0 Å². The van der Waals surface area contributed by atoms with Crippen molar-refractivity contribution < 1.29 is 9.53 Å². The normalized spacial score (nSPS) is 10.5. The quantitative estimate of drug-likeness (QED) is 0.411. The second-order valence-electron chi connectivity index (χ2n) is 5.94. The smallest absolute Gasteiger partial charge is 0.255 e. The zero-order valence-corrected chi connectivity index (χ0v) is 17.6. The summed E-state index contributed by atoms with van der Waals surface area (Å²) >= 11 is 13.8. The summed E-state index contributed by atoms with van der Waals surface area (Å²) in [4.78, 5) is 13.7. The van der Waals surface area contributed by atoms with Gasteiger partial charge in [-0.05, 0) is 55.0 Å². The van der Waals surface area contributed by atoms with Gasteiger partial charge in [0.15, 0.2) is 0 Å². The van der Waals surface area contributed by atoms with E-state index in [9.17, 15) is 4.79 Å². The van der Waals surface area contributed by atoms with E-state index in [4.69, 9.17) is 27.9 Å². The van der Waals surface area contributed by atoms with Crippen LogP contribution in [0.15, 0.2) is 71.6 Å². The zero-order chi connectivity index (χ0) is 19.9. The Morgan fingerprint density at radius 1 is 1.04 bits per heavy atom. The number of ether oxygens (including phenoxy) is 1. The molecule has 0 bridgehead atoms. The van der Waals surface area contributed by atoms with Gasteiger partial charge in [-0.3, -0.25) is 4.79 Å². The van der Waals surface area contributed by atoms with E-state index in [0.29, 0.717) is 22.9 Å². The van der Waals surface area contributed by atoms with Gasteiger partial charge in [-0.1, -0.05) is 47.5 Å². The van der Waals surface area contributed by atoms with Crippen LogP contribution in [-0.4, -0.2) is 12.5 Å². The Labute approximate surface area is 179 Å². The highest BCUT2D eigenvalue weighted by atomic mass is 35.5. The molecule has 0 aliphatic rings. The standard InChI is InChI=1S/C22H19Cl2NO2S/c1-2-27-20-12-9-16(13-18(20)24)22(26)25-19-5-3-4-6-21(19)28-14-15-7-10-17(23)11-8-15/h3-13H,2,14H2,1H3,(H,25,26). The maximum Gasteiger partial charge on any atom is 0.255 e. The van der Waals surface area contributed by atoms with Crippen LogP contribution in [0.25, 0.3) is 0 Å². The number of thioether (sulfide) groups is 1. The third-order valence-electron chi connectivity index (χ3n) is 3.94. The molecule has 0 saturated heterocycles. The lowest BCUT2D eigenvalue weighted by Crippen LogP contribution is -2.12. The molecule has 0 aliphatic carbocycles. The number of amides is 1. The summed E-state index contributed by atoms with van der Waals surface area (Å²) in [6, 6.07) is 20.5. The molecule has 0 fully saturated rings. The first-order valence-electron chi connectivity index (χ1n) is 8.77. The molecular formula is C22H19Cl2NO2S. The Kier molecular flexibility index (Phi) is 7.26. The number of hydrogen-bond acceptors (Lipinski definition) is 3. The fraction of sp³-hybridized carbons (Fsp3) is 0.136. The van der Waals surface area contributed by atoms with Gasteiger partial charge in [-0.25, -0.2) is 0 Å². The summed E-state index contributed by atoms with van der Waals surface area (Å²) in [7, 11) is 0. The van der Waals surface area contributed by atoms with Gasteiger partial charge < -0.3 is 10.1 Å². The molecule has 3 rings (SSSR count). The van der Waals surface area contributed by atoms with Gasteiger partial charge in [0.05, 0.1) is 17.3 Å². The van der Waals surface area contributed by atoms with E-state index in [-0.39, 0.29) is 5.91 Å². The Balaban J connectivity index is 1.71. The maximum absolute atomic E-state index is 12.7. The zero-order valence-electron chi connectivity index (χ0n) is 15.2. The molecule has 6 heteroatoms. The molecule has 0 radical (unpaired) electrons. The highest BCUT2D eigenvalue weighted by Gasteiger charge is 2.12. The summed E-state index contributed by atoms with van der Waals surface area (Å²) in [5.41, 5.74) is 2.40. The van der Waals surface area contributed by atoms with Crippen LogP contribution in [-0.2, 0) is 5.75 Å². The van der Waals surface area contributed by atoms with Crippen LogP contribution >= 0.6 is 35.0 Å². The lowest BCUT2D eigenvalue weighted by atomic mass is 10.2. The molecule has 3 aromatic carbocycles. The van der Waals surface area contributed by atoms with E-state index in [1.165, 1.54) is 0 Å². The topological polar surface area (TPSA) is 38.3 Å². The minimum Gasteiger partial charge on any atom is -0.492 e. The maximum atomic E-state index is 12.7. The van der Waals surface area contributed by atoms with Crippen molar-refractivity contribution in [2.45, 2.75) is 17.6 Å². The van der Waals surface area contributed by atoms with E-state index >= 15 is 0 Å². The number of para-hydroxylation sites is 1. The molecule has 0 aliphatic heterocycles. The van der Waals surface area contributed by atoms with Gasteiger partial charge in [0.1, 0.15) is 5.75 Å². The molecule has 0 atom stereocenters. The fourth-order valence-corrected chi connectivity index (χ4v) is 3.87. The summed E-state index contributed by atoms with van der Waals surface area (Å²) < 4.78 is 5.41. The number of anilines is 1. The monoisotopic (exact) mass is 431 g/mol. The summed E-state index contributed by atoms with van der Waals surface area (Å²) in [5, 5.41) is 4.11. The SMILES string of the molecule is CCOc1ccc(C(=O)Nc2ccccc2SCc2ccc(Cl)cc2)cc1Cl. The number of halogens is 2. The van der Waals surface area contributed by atoms with Crippen LogP contribution in [0.4, 0.5) is 5.69 Å². The number of hydrogen-bond donors (Lipinski definition) is 1. The summed E-state index contributed by atoms with van der Waals surface area (Å²) in [6.07, 6.45) is 0. The van der Waals surface area contributed by atoms with Crippen molar-refractivity contribution in [3.63, 3.8) is 0 Å². The van der Waals surface area contributed by atoms with E-state index in [1.807, 2.05) is 55.5 Å². The van der Waals surface area contributed by atoms with Gasteiger partial charge in [-0.15, -0.1) is 11.8 Å². The largest absolute Gasteiger partial charge is 0.492 e. The first kappa shape index (κ1) is 20.6. The van der Waals surface area contributed by atoms with Crippen LogP contribution < -0.4 is 10.1 Å². The number of carbonyl (C=O) groups excluding carboxylic acids is 1. The van der Waals surface area contributed by atoms with Crippen molar-refractivity contribution in [1.29, 1.82) is 0 Å². The molecule has 144 valence electrons. The molecule has 0 unspecified atom stereocenters. The van der Waals surface area contributed by atoms with Crippen LogP contribution in [0, 0.1) is 0 Å². The highest BCUT2D eigenvalue weighted by Crippen LogP contribution is 2.31. The first-order valence-corrected chi connectivity index (χ1v) is 10.5. The second kappa shape index (κ2) is 9.87. The third-order valence-corrected chi connectivity index (χ3v) is 5.63. The predicted molar refractivity (Wildman–Crippen MR) is 118 cm³/mol. The molecule has 0 spiro atoms. The fourth-order valence-electron chi connectivity index (χ4n) is 2.55. The van der Waals surface area contributed by atoms with Crippen LogP contribution in [0.1, 0.15) is 22.8 Å². The van der Waals surface area contributed by atoms with Crippen molar-refractivity contribution in [1.82, 2.24) is 0 Å². The number of benzene rings is 3. The molecule has 1 N–H and O–H groups in total. The average molecular weight is 432 g/mol. The number of rotatable bonds is 7. The molecule has 0 heterocycles. The van der Waals surface area contributed by atoms with Gasteiger partial charge in [-0.2, -0.15) is 0 Å². The summed E-state index contributed by atoms with van der Waals surface area (Å²) in [6.45, 7) is 2.40. The van der Waals surface area contributed by atoms with Crippen molar-refractivity contribution in [2.75, 3.05) is 11.9 Å². The molecule has 3 aromatic rings. The molecule has 3 nitrogen and oxygen atoms in total. The summed E-state index contributed by atoms with van der Waals surface area (Å²) in [5.74, 6) is 1.13. The Morgan fingerprint density at radius 2 is 1.79 bits per heavy atom. The highest BCUT2D eigenvalue weighted by molar-refractivity contribution is 7.98. The van der Waals surface area contributed by atoms with E-state index < -0.39 is 0 Å². The van der Waals surface area contributed by atoms with Crippen molar-refractivity contribution in [3.8, 4) is 5.75 Å². The van der Waals surface area contributed by atoms with E-state index in [0.717, 1.165) is 26.9 Å². The number of nitrogens with one attached hydrogen (secondary N) is 1.